The van der Waals surface area contributed by atoms with Crippen LogP contribution in [0.15, 0.2) is 18.2 Å². The summed E-state index contributed by atoms with van der Waals surface area (Å²) in [7, 11) is 1.55. The lowest BCUT2D eigenvalue weighted by molar-refractivity contribution is -0.0952. The zero-order valence-electron chi connectivity index (χ0n) is 12.1. The number of piperidine rings is 1. The van der Waals surface area contributed by atoms with E-state index in [2.05, 4.69) is 0 Å². The van der Waals surface area contributed by atoms with Crippen molar-refractivity contribution in [2.45, 2.75) is 31.8 Å². The predicted octanol–water partition coefficient (Wildman–Crippen LogP) is 2.73. The third kappa shape index (κ3) is 2.51. The lowest BCUT2D eigenvalue weighted by Gasteiger charge is -2.51. The van der Waals surface area contributed by atoms with Gasteiger partial charge in [-0.05, 0) is 49.3 Å². The molecule has 2 fully saturated rings. The molecular weight excluding hydrogens is 290 g/mol. The summed E-state index contributed by atoms with van der Waals surface area (Å²) < 4.78 is 5.26. The molecule has 0 radical (unpaired) electrons. The summed E-state index contributed by atoms with van der Waals surface area (Å²) >= 11 is 5.99. The highest BCUT2D eigenvalue weighted by atomic mass is 35.5. The van der Waals surface area contributed by atoms with Gasteiger partial charge < -0.3 is 14.7 Å². The topological polar surface area (TPSA) is 49.8 Å². The quantitative estimate of drug-likeness (QED) is 0.914. The monoisotopic (exact) mass is 309 g/mol. The molecule has 1 spiro atoms. The first-order chi connectivity index (χ1) is 10.1. The molecule has 114 valence electrons. The number of hydrogen-bond acceptors (Lipinski definition) is 3. The Morgan fingerprint density at radius 3 is 2.62 bits per heavy atom. The van der Waals surface area contributed by atoms with Crippen molar-refractivity contribution >= 4 is 17.5 Å². The molecule has 21 heavy (non-hydrogen) atoms. The standard InChI is InChI=1S/C16H20ClNO3/c1-21-13-3-2-11(17)10-12(13)15(20)18-8-6-16(7-9-18)5-4-14(16)19/h2-3,10,14,19H,4-9H2,1H3. The van der Waals surface area contributed by atoms with E-state index < -0.39 is 0 Å². The van der Waals surface area contributed by atoms with E-state index in [-0.39, 0.29) is 17.4 Å². The van der Waals surface area contributed by atoms with Gasteiger partial charge in [0.15, 0.2) is 0 Å². The van der Waals surface area contributed by atoms with E-state index in [0.29, 0.717) is 29.4 Å². The fraction of sp³-hybridized carbons (Fsp3) is 0.562. The summed E-state index contributed by atoms with van der Waals surface area (Å²) in [5.41, 5.74) is 0.574. The number of halogens is 1. The Hall–Kier alpha value is -1.26. The van der Waals surface area contributed by atoms with Gasteiger partial charge in [-0.15, -0.1) is 0 Å². The molecule has 1 N–H and O–H groups in total. The number of likely N-dealkylation sites (tertiary alicyclic amines) is 1. The van der Waals surface area contributed by atoms with Crippen LogP contribution in [-0.2, 0) is 0 Å². The van der Waals surface area contributed by atoms with Crippen molar-refractivity contribution in [1.29, 1.82) is 0 Å². The number of rotatable bonds is 2. The summed E-state index contributed by atoms with van der Waals surface area (Å²) in [6.45, 7) is 1.37. The Labute approximate surface area is 129 Å². The van der Waals surface area contributed by atoms with Gasteiger partial charge in [0, 0.05) is 18.1 Å². The first-order valence-corrected chi connectivity index (χ1v) is 7.74. The molecule has 1 aromatic carbocycles. The van der Waals surface area contributed by atoms with Crippen molar-refractivity contribution < 1.29 is 14.6 Å². The van der Waals surface area contributed by atoms with E-state index in [4.69, 9.17) is 16.3 Å². The summed E-state index contributed by atoms with van der Waals surface area (Å²) in [5.74, 6) is 0.506. The summed E-state index contributed by atoms with van der Waals surface area (Å²) in [6.07, 6.45) is 3.55. The summed E-state index contributed by atoms with van der Waals surface area (Å²) in [4.78, 5) is 14.5. The van der Waals surface area contributed by atoms with Gasteiger partial charge in [0.2, 0.25) is 0 Å². The third-order valence-corrected chi connectivity index (χ3v) is 5.30. The molecule has 1 atom stereocenters. The number of amides is 1. The van der Waals surface area contributed by atoms with E-state index in [0.717, 1.165) is 25.7 Å². The largest absolute Gasteiger partial charge is 0.496 e. The normalized spacial score (nSPS) is 23.8. The van der Waals surface area contributed by atoms with Crippen LogP contribution in [0, 0.1) is 5.41 Å². The van der Waals surface area contributed by atoms with E-state index >= 15 is 0 Å². The zero-order valence-corrected chi connectivity index (χ0v) is 12.9. The van der Waals surface area contributed by atoms with Crippen LogP contribution in [-0.4, -0.2) is 42.2 Å². The lowest BCUT2D eigenvalue weighted by atomic mass is 9.61. The van der Waals surface area contributed by atoms with E-state index in [9.17, 15) is 9.90 Å². The summed E-state index contributed by atoms with van der Waals surface area (Å²) in [6, 6.07) is 5.09. The minimum absolute atomic E-state index is 0.0435. The molecule has 5 heteroatoms. The number of aliphatic hydroxyl groups excluding tert-OH is 1. The maximum Gasteiger partial charge on any atom is 0.257 e. The van der Waals surface area contributed by atoms with Gasteiger partial charge in [0.1, 0.15) is 5.75 Å². The SMILES string of the molecule is COc1ccc(Cl)cc1C(=O)N1CCC2(CCC2O)CC1. The lowest BCUT2D eigenvalue weighted by Crippen LogP contribution is -2.53. The molecule has 0 bridgehead atoms. The van der Waals surface area contributed by atoms with Crippen molar-refractivity contribution in [3.63, 3.8) is 0 Å². The fourth-order valence-electron chi connectivity index (χ4n) is 3.44. The minimum atomic E-state index is -0.185. The zero-order chi connectivity index (χ0) is 15.0. The number of ether oxygens (including phenoxy) is 1. The van der Waals surface area contributed by atoms with Crippen LogP contribution in [0.3, 0.4) is 0 Å². The van der Waals surface area contributed by atoms with Crippen LogP contribution >= 0.6 is 11.6 Å². The number of nitrogens with zero attached hydrogens (tertiary/aromatic N) is 1. The third-order valence-electron chi connectivity index (χ3n) is 5.06. The Kier molecular flexibility index (Phi) is 3.84. The number of carbonyl (C=O) groups is 1. The molecule has 1 heterocycles. The molecule has 2 aliphatic rings. The first kappa shape index (κ1) is 14.7. The first-order valence-electron chi connectivity index (χ1n) is 7.37. The van der Waals surface area contributed by atoms with Crippen molar-refractivity contribution in [3.05, 3.63) is 28.8 Å². The van der Waals surface area contributed by atoms with Crippen molar-refractivity contribution in [2.24, 2.45) is 5.41 Å². The molecule has 0 aromatic heterocycles. The molecule has 1 aromatic rings. The maximum absolute atomic E-state index is 12.7. The van der Waals surface area contributed by atoms with Gasteiger partial charge in [0.25, 0.3) is 5.91 Å². The second-order valence-corrected chi connectivity index (χ2v) is 6.49. The second-order valence-electron chi connectivity index (χ2n) is 6.05. The van der Waals surface area contributed by atoms with Gasteiger partial charge in [-0.25, -0.2) is 0 Å². The van der Waals surface area contributed by atoms with Crippen LogP contribution < -0.4 is 4.74 Å². The highest BCUT2D eigenvalue weighted by Gasteiger charge is 2.47. The molecule has 1 unspecified atom stereocenters. The Bertz CT molecular complexity index is 552. The number of carbonyl (C=O) groups excluding carboxylic acids is 1. The van der Waals surface area contributed by atoms with Gasteiger partial charge in [-0.3, -0.25) is 4.79 Å². The Morgan fingerprint density at radius 2 is 2.10 bits per heavy atom. The predicted molar refractivity (Wildman–Crippen MR) is 80.8 cm³/mol. The molecule has 1 amide bonds. The van der Waals surface area contributed by atoms with Crippen LogP contribution in [0.4, 0.5) is 0 Å². The molecule has 1 saturated heterocycles. The Morgan fingerprint density at radius 1 is 1.38 bits per heavy atom. The van der Waals surface area contributed by atoms with Crippen LogP contribution in [0.5, 0.6) is 5.75 Å². The van der Waals surface area contributed by atoms with Crippen LogP contribution in [0.1, 0.15) is 36.0 Å². The highest BCUT2D eigenvalue weighted by molar-refractivity contribution is 6.31. The fourth-order valence-corrected chi connectivity index (χ4v) is 3.61. The Balaban J connectivity index is 1.73. The molecule has 1 aliphatic carbocycles. The average Bonchev–Trinajstić information content (AvgIpc) is 2.52. The van der Waals surface area contributed by atoms with Gasteiger partial charge in [-0.2, -0.15) is 0 Å². The number of benzene rings is 1. The van der Waals surface area contributed by atoms with Crippen molar-refractivity contribution in [2.75, 3.05) is 20.2 Å². The molecule has 4 nitrogen and oxygen atoms in total. The van der Waals surface area contributed by atoms with Crippen molar-refractivity contribution in [1.82, 2.24) is 4.90 Å². The molecule has 1 saturated carbocycles. The second kappa shape index (κ2) is 5.50. The van der Waals surface area contributed by atoms with E-state index in [1.807, 2.05) is 4.90 Å². The van der Waals surface area contributed by atoms with E-state index in [1.54, 1.807) is 25.3 Å². The number of hydrogen-bond donors (Lipinski definition) is 1. The van der Waals surface area contributed by atoms with Crippen LogP contribution in [0.25, 0.3) is 0 Å². The minimum Gasteiger partial charge on any atom is -0.496 e. The van der Waals surface area contributed by atoms with E-state index in [1.165, 1.54) is 0 Å². The van der Waals surface area contributed by atoms with Crippen molar-refractivity contribution in [3.8, 4) is 5.75 Å². The number of methoxy groups -OCH3 is 1. The molecule has 1 aliphatic heterocycles. The molecular formula is C16H20ClNO3. The van der Waals surface area contributed by atoms with Gasteiger partial charge in [0.05, 0.1) is 18.8 Å². The molecule has 3 rings (SSSR count). The summed E-state index contributed by atoms with van der Waals surface area (Å²) in [5, 5.41) is 10.5. The number of aliphatic hydroxyl groups is 1. The van der Waals surface area contributed by atoms with Gasteiger partial charge in [-0.1, -0.05) is 11.6 Å². The van der Waals surface area contributed by atoms with Crippen LogP contribution in [0.2, 0.25) is 5.02 Å². The average molecular weight is 310 g/mol. The van der Waals surface area contributed by atoms with Gasteiger partial charge >= 0.3 is 0 Å². The maximum atomic E-state index is 12.7. The highest BCUT2D eigenvalue weighted by Crippen LogP contribution is 2.49. The smallest absolute Gasteiger partial charge is 0.257 e.